The molecule has 2 unspecified atom stereocenters. The first-order chi connectivity index (χ1) is 30.1. The lowest BCUT2D eigenvalue weighted by molar-refractivity contribution is 0.0187. The van der Waals surface area contributed by atoms with Gasteiger partial charge in [0.1, 0.15) is 22.0 Å². The summed E-state index contributed by atoms with van der Waals surface area (Å²) in [5.74, 6) is 1.59. The molecule has 0 aromatic carbocycles. The number of furan rings is 2. The van der Waals surface area contributed by atoms with Gasteiger partial charge in [-0.2, -0.15) is 23.6 Å². The van der Waals surface area contributed by atoms with Crippen LogP contribution in [0.2, 0.25) is 0 Å². The SMILES string of the molecule is COc1cc(C2CCCN(C(=O)OC(C)(C)C)C2)nc2c(-c3ccoc3)cnn12.Cc1cc(Nc2cc(C3CCCN(C(=O)OC(C)(C)C)C3)nc3c(-c4ccoc4)cnn23)sn1. The second-order valence-electron chi connectivity index (χ2n) is 17.9. The molecule has 0 saturated carbocycles. The van der Waals surface area contributed by atoms with Crippen molar-refractivity contribution in [2.45, 2.75) is 97.2 Å². The first kappa shape index (κ1) is 43.2. The van der Waals surface area contributed by atoms with Crippen LogP contribution in [-0.2, 0) is 9.47 Å². The highest BCUT2D eigenvalue weighted by Crippen LogP contribution is 2.35. The summed E-state index contributed by atoms with van der Waals surface area (Å²) >= 11 is 1.40. The van der Waals surface area contributed by atoms with Gasteiger partial charge in [-0.05, 0) is 104 Å². The summed E-state index contributed by atoms with van der Waals surface area (Å²) in [5.41, 5.74) is 6.73. The van der Waals surface area contributed by atoms with Crippen LogP contribution in [-0.4, -0.2) is 100 Å². The van der Waals surface area contributed by atoms with Gasteiger partial charge in [0.05, 0.1) is 61.6 Å². The molecular formula is C45H54N10O7S. The summed E-state index contributed by atoms with van der Waals surface area (Å²) in [5, 5.41) is 13.4. The molecule has 2 aliphatic rings. The summed E-state index contributed by atoms with van der Waals surface area (Å²) in [6.07, 6.45) is 13.3. The highest BCUT2D eigenvalue weighted by Gasteiger charge is 2.32. The zero-order valence-corrected chi connectivity index (χ0v) is 37.8. The fraction of sp³-hybridized carbons (Fsp3) is 0.444. The highest BCUT2D eigenvalue weighted by molar-refractivity contribution is 7.10. The quantitative estimate of drug-likeness (QED) is 0.160. The number of ether oxygens (including phenoxy) is 3. The van der Waals surface area contributed by atoms with Gasteiger partial charge in [0.2, 0.25) is 5.88 Å². The van der Waals surface area contributed by atoms with Crippen LogP contribution in [0.15, 0.2) is 76.6 Å². The van der Waals surface area contributed by atoms with Crippen LogP contribution in [0.5, 0.6) is 5.88 Å². The summed E-state index contributed by atoms with van der Waals surface area (Å²) in [7, 11) is 1.62. The molecule has 17 nitrogen and oxygen atoms in total. The molecule has 7 aromatic heterocycles. The average Bonchev–Trinajstić information content (AvgIpc) is 4.11. The number of likely N-dealkylation sites (tertiary alicyclic amines) is 2. The zero-order valence-electron chi connectivity index (χ0n) is 37.0. The van der Waals surface area contributed by atoms with Crippen molar-refractivity contribution in [2.24, 2.45) is 0 Å². The number of carbonyl (C=O) groups is 2. The van der Waals surface area contributed by atoms with Crippen molar-refractivity contribution < 1.29 is 32.6 Å². The van der Waals surface area contributed by atoms with Crippen LogP contribution in [0.1, 0.15) is 96.1 Å². The van der Waals surface area contributed by atoms with Crippen LogP contribution in [0.3, 0.4) is 0 Å². The van der Waals surface area contributed by atoms with Crippen molar-refractivity contribution in [1.29, 1.82) is 0 Å². The van der Waals surface area contributed by atoms with E-state index in [-0.39, 0.29) is 24.0 Å². The maximum absolute atomic E-state index is 12.7. The Hall–Kier alpha value is -6.43. The average molecular weight is 879 g/mol. The van der Waals surface area contributed by atoms with Gasteiger partial charge in [-0.15, -0.1) is 0 Å². The zero-order chi connectivity index (χ0) is 44.5. The Balaban J connectivity index is 0.000000175. The van der Waals surface area contributed by atoms with E-state index >= 15 is 0 Å². The third kappa shape index (κ3) is 9.95. The molecule has 2 fully saturated rings. The van der Waals surface area contributed by atoms with Gasteiger partial charge < -0.3 is 38.2 Å². The van der Waals surface area contributed by atoms with Crippen LogP contribution >= 0.6 is 11.5 Å². The molecule has 2 aliphatic heterocycles. The normalized spacial score (nSPS) is 17.1. The topological polar surface area (TPSA) is 180 Å². The summed E-state index contributed by atoms with van der Waals surface area (Å²) in [4.78, 5) is 38.7. The first-order valence-electron chi connectivity index (χ1n) is 21.1. The lowest BCUT2D eigenvalue weighted by Crippen LogP contribution is -2.42. The van der Waals surface area contributed by atoms with E-state index in [1.165, 1.54) is 11.5 Å². The lowest BCUT2D eigenvalue weighted by Gasteiger charge is -2.34. The minimum Gasteiger partial charge on any atom is -0.481 e. The number of piperidine rings is 2. The largest absolute Gasteiger partial charge is 0.481 e. The van der Waals surface area contributed by atoms with Gasteiger partial charge in [-0.3, -0.25) is 0 Å². The van der Waals surface area contributed by atoms with Crippen LogP contribution in [0.25, 0.3) is 33.5 Å². The maximum Gasteiger partial charge on any atom is 0.410 e. The van der Waals surface area contributed by atoms with Crippen LogP contribution in [0, 0.1) is 6.92 Å². The fourth-order valence-electron chi connectivity index (χ4n) is 7.80. The third-order valence-electron chi connectivity index (χ3n) is 10.7. The number of amides is 2. The number of aryl methyl sites for hydroxylation is 1. The standard InChI is InChI=1S/C24H28N6O3S.C21H26N4O4/c1-15-10-21(34-28-15)27-20-11-19(16-6-5-8-29(13-16)23(31)33-24(2,3)4)26-22-18(12-25-30(20)22)17-7-9-32-14-17;1-21(2,3)29-20(26)24-8-5-6-14(12-24)17-10-18(27-4)25-19(23-17)16(11-22-25)15-7-9-28-13-15/h7,9-12,14,16,27H,5-6,8,13H2,1-4H3;7,9-11,13-14H,5-6,8,12H2,1-4H3. The van der Waals surface area contributed by atoms with Crippen LogP contribution in [0.4, 0.5) is 20.4 Å². The van der Waals surface area contributed by atoms with E-state index < -0.39 is 11.2 Å². The number of hydrogen-bond acceptors (Lipinski definition) is 14. The van der Waals surface area contributed by atoms with E-state index in [0.717, 1.165) is 81.5 Å². The van der Waals surface area contributed by atoms with Gasteiger partial charge in [0, 0.05) is 72.4 Å². The second-order valence-corrected chi connectivity index (χ2v) is 18.7. The highest BCUT2D eigenvalue weighted by atomic mass is 32.1. The summed E-state index contributed by atoms with van der Waals surface area (Å²) in [6.45, 7) is 15.8. The number of hydrogen-bond donors (Lipinski definition) is 1. The minimum absolute atomic E-state index is 0.0853. The molecule has 63 heavy (non-hydrogen) atoms. The molecule has 9 rings (SSSR count). The van der Waals surface area contributed by atoms with E-state index in [0.29, 0.717) is 37.7 Å². The molecule has 2 atom stereocenters. The molecule has 2 amide bonds. The molecule has 0 spiro atoms. The van der Waals surface area contributed by atoms with Crippen molar-refractivity contribution in [3.63, 3.8) is 0 Å². The molecule has 7 aromatic rings. The van der Waals surface area contributed by atoms with Crippen LogP contribution < -0.4 is 10.1 Å². The minimum atomic E-state index is -0.526. The Morgan fingerprint density at radius 1 is 0.762 bits per heavy atom. The number of rotatable bonds is 7. The molecule has 0 aliphatic carbocycles. The predicted octanol–water partition coefficient (Wildman–Crippen LogP) is 9.72. The molecule has 18 heteroatoms. The van der Waals surface area contributed by atoms with Crippen molar-refractivity contribution in [3.8, 4) is 28.1 Å². The molecular weight excluding hydrogens is 825 g/mol. The fourth-order valence-corrected chi connectivity index (χ4v) is 8.47. The van der Waals surface area contributed by atoms with E-state index in [9.17, 15) is 9.59 Å². The molecule has 9 heterocycles. The number of anilines is 2. The van der Waals surface area contributed by atoms with E-state index in [1.807, 2.05) is 78.8 Å². The maximum atomic E-state index is 12.7. The predicted molar refractivity (Wildman–Crippen MR) is 238 cm³/mol. The van der Waals surface area contributed by atoms with E-state index in [2.05, 4.69) is 19.9 Å². The number of fused-ring (bicyclic) bond motifs is 2. The van der Waals surface area contributed by atoms with Gasteiger partial charge in [-0.1, -0.05) is 0 Å². The summed E-state index contributed by atoms with van der Waals surface area (Å²) in [6, 6.07) is 9.71. The van der Waals surface area contributed by atoms with Gasteiger partial charge in [-0.25, -0.2) is 19.6 Å². The first-order valence-corrected chi connectivity index (χ1v) is 21.9. The molecule has 0 radical (unpaired) electrons. The van der Waals surface area contributed by atoms with E-state index in [4.69, 9.17) is 33.0 Å². The Morgan fingerprint density at radius 2 is 1.29 bits per heavy atom. The Labute approximate surface area is 369 Å². The molecule has 0 bridgehead atoms. The number of nitrogens with one attached hydrogen (secondary N) is 1. The molecule has 332 valence electrons. The Bertz CT molecular complexity index is 2670. The van der Waals surface area contributed by atoms with Gasteiger partial charge in [0.25, 0.3) is 0 Å². The Morgan fingerprint density at radius 3 is 1.76 bits per heavy atom. The number of methoxy groups -OCH3 is 1. The number of aromatic nitrogens is 7. The number of carbonyl (C=O) groups excluding carboxylic acids is 2. The molecule has 1 N–H and O–H groups in total. The van der Waals surface area contributed by atoms with Crippen molar-refractivity contribution in [3.05, 3.63) is 84.9 Å². The number of nitrogens with zero attached hydrogens (tertiary/aromatic N) is 9. The van der Waals surface area contributed by atoms with Gasteiger partial charge in [0.15, 0.2) is 11.3 Å². The smallest absolute Gasteiger partial charge is 0.410 e. The lowest BCUT2D eigenvalue weighted by atomic mass is 9.94. The monoisotopic (exact) mass is 878 g/mol. The van der Waals surface area contributed by atoms with Crippen molar-refractivity contribution >= 4 is 45.8 Å². The summed E-state index contributed by atoms with van der Waals surface area (Å²) < 4.78 is 35.1. The Kier molecular flexibility index (Phi) is 12.2. The van der Waals surface area contributed by atoms with E-state index in [1.54, 1.807) is 63.4 Å². The van der Waals surface area contributed by atoms with Crippen molar-refractivity contribution in [1.82, 2.24) is 43.4 Å². The third-order valence-corrected chi connectivity index (χ3v) is 11.5. The molecule has 2 saturated heterocycles. The second kappa shape index (κ2) is 17.7. The van der Waals surface area contributed by atoms with Crippen molar-refractivity contribution in [2.75, 3.05) is 38.6 Å². The van der Waals surface area contributed by atoms with Gasteiger partial charge >= 0.3 is 12.2 Å².